The van der Waals surface area contributed by atoms with Crippen LogP contribution in [0.25, 0.3) is 11.4 Å². The maximum atomic E-state index is 12.1. The van der Waals surface area contributed by atoms with Gasteiger partial charge in [-0.2, -0.15) is 0 Å². The van der Waals surface area contributed by atoms with Crippen LogP contribution in [0.2, 0.25) is 0 Å². The number of carboxylic acid groups (broad SMARTS) is 1. The van der Waals surface area contributed by atoms with Gasteiger partial charge in [0.25, 0.3) is 5.56 Å². The summed E-state index contributed by atoms with van der Waals surface area (Å²) < 4.78 is 6.76. The van der Waals surface area contributed by atoms with Crippen molar-refractivity contribution in [2.75, 3.05) is 5.73 Å². The Morgan fingerprint density at radius 2 is 1.81 bits per heavy atom. The van der Waals surface area contributed by atoms with Gasteiger partial charge in [0.05, 0.1) is 6.20 Å². The van der Waals surface area contributed by atoms with Crippen molar-refractivity contribution in [3.63, 3.8) is 0 Å². The first-order valence-corrected chi connectivity index (χ1v) is 7.89. The van der Waals surface area contributed by atoms with Crippen molar-refractivity contribution in [2.24, 2.45) is 0 Å². The molecule has 132 valence electrons. The number of hydrogen-bond acceptors (Lipinski definition) is 5. The van der Waals surface area contributed by atoms with Crippen LogP contribution in [-0.2, 0) is 17.9 Å². The van der Waals surface area contributed by atoms with Gasteiger partial charge in [0, 0.05) is 5.56 Å². The molecule has 0 aliphatic carbocycles. The van der Waals surface area contributed by atoms with Crippen LogP contribution >= 0.6 is 0 Å². The molecule has 0 aliphatic heterocycles. The summed E-state index contributed by atoms with van der Waals surface area (Å²) in [4.78, 5) is 27.3. The first kappa shape index (κ1) is 17.2. The van der Waals surface area contributed by atoms with E-state index in [0.29, 0.717) is 17.9 Å². The summed E-state index contributed by atoms with van der Waals surface area (Å²) in [6.45, 7) is -0.0809. The van der Waals surface area contributed by atoms with E-state index < -0.39 is 18.1 Å². The second-order valence-corrected chi connectivity index (χ2v) is 5.62. The average Bonchev–Trinajstić information content (AvgIpc) is 2.65. The molecule has 0 atom stereocenters. The summed E-state index contributed by atoms with van der Waals surface area (Å²) in [7, 11) is 0. The highest BCUT2D eigenvalue weighted by atomic mass is 16.5. The summed E-state index contributed by atoms with van der Waals surface area (Å²) in [5, 5.41) is 9.03. The van der Waals surface area contributed by atoms with Crippen LogP contribution in [0.15, 0.2) is 65.6 Å². The predicted molar refractivity (Wildman–Crippen MR) is 96.8 cm³/mol. The SMILES string of the molecule is Nc1cnc(-c2ccc(OCc3ccccc3)cc2)n(CC(=O)O)c1=O. The highest BCUT2D eigenvalue weighted by Crippen LogP contribution is 2.21. The number of carboxylic acids is 1. The minimum absolute atomic E-state index is 0.0992. The molecule has 1 heterocycles. The van der Waals surface area contributed by atoms with Gasteiger partial charge in [0.2, 0.25) is 0 Å². The minimum atomic E-state index is -1.15. The molecule has 0 fully saturated rings. The lowest BCUT2D eigenvalue weighted by molar-refractivity contribution is -0.137. The maximum Gasteiger partial charge on any atom is 0.323 e. The van der Waals surface area contributed by atoms with E-state index in [0.717, 1.165) is 10.1 Å². The van der Waals surface area contributed by atoms with E-state index in [4.69, 9.17) is 15.6 Å². The van der Waals surface area contributed by atoms with Gasteiger partial charge in [0.1, 0.15) is 30.4 Å². The van der Waals surface area contributed by atoms with Gasteiger partial charge in [-0.3, -0.25) is 14.2 Å². The standard InChI is InChI=1S/C19H17N3O4/c20-16-10-21-18(22(19(16)25)11-17(23)24)14-6-8-15(9-7-14)26-12-13-4-2-1-3-5-13/h1-10H,11-12,20H2,(H,23,24). The zero-order chi connectivity index (χ0) is 18.5. The lowest BCUT2D eigenvalue weighted by Crippen LogP contribution is -2.28. The number of anilines is 1. The Morgan fingerprint density at radius 1 is 1.12 bits per heavy atom. The van der Waals surface area contributed by atoms with Crippen molar-refractivity contribution in [2.45, 2.75) is 13.2 Å². The van der Waals surface area contributed by atoms with Crippen LogP contribution in [0, 0.1) is 0 Å². The number of benzene rings is 2. The van der Waals surface area contributed by atoms with Crippen LogP contribution in [0.3, 0.4) is 0 Å². The van der Waals surface area contributed by atoms with Crippen LogP contribution in [0.1, 0.15) is 5.56 Å². The maximum absolute atomic E-state index is 12.1. The Bertz CT molecular complexity index is 966. The third-order valence-corrected chi connectivity index (χ3v) is 3.73. The van der Waals surface area contributed by atoms with E-state index in [2.05, 4.69) is 4.98 Å². The smallest absolute Gasteiger partial charge is 0.323 e. The predicted octanol–water partition coefficient (Wildman–Crippen LogP) is 2.16. The van der Waals surface area contributed by atoms with Gasteiger partial charge in [-0.05, 0) is 29.8 Å². The number of nitrogens with zero attached hydrogens (tertiary/aromatic N) is 2. The fourth-order valence-corrected chi connectivity index (χ4v) is 2.46. The number of carbonyl (C=O) groups is 1. The minimum Gasteiger partial charge on any atom is -0.489 e. The monoisotopic (exact) mass is 351 g/mol. The van der Waals surface area contributed by atoms with E-state index in [1.807, 2.05) is 30.3 Å². The molecule has 0 saturated carbocycles. The van der Waals surface area contributed by atoms with Gasteiger partial charge < -0.3 is 15.6 Å². The van der Waals surface area contributed by atoms with Crippen molar-refractivity contribution in [1.29, 1.82) is 0 Å². The van der Waals surface area contributed by atoms with Gasteiger partial charge in [-0.1, -0.05) is 30.3 Å². The molecule has 0 amide bonds. The zero-order valence-electron chi connectivity index (χ0n) is 13.8. The first-order valence-electron chi connectivity index (χ1n) is 7.89. The molecule has 1 aromatic heterocycles. The number of rotatable bonds is 6. The first-order chi connectivity index (χ1) is 12.5. The van der Waals surface area contributed by atoms with Crippen molar-refractivity contribution in [3.05, 3.63) is 76.7 Å². The molecule has 0 radical (unpaired) electrons. The molecule has 3 aromatic rings. The van der Waals surface area contributed by atoms with E-state index in [9.17, 15) is 9.59 Å². The molecule has 3 N–H and O–H groups in total. The Balaban J connectivity index is 1.83. The van der Waals surface area contributed by atoms with Crippen molar-refractivity contribution in [3.8, 4) is 17.1 Å². The molecule has 0 aliphatic rings. The summed E-state index contributed by atoms with van der Waals surface area (Å²) in [5.41, 5.74) is 6.51. The Hall–Kier alpha value is -3.61. The van der Waals surface area contributed by atoms with Crippen LogP contribution in [-0.4, -0.2) is 20.6 Å². The third kappa shape index (κ3) is 3.89. The average molecular weight is 351 g/mol. The van der Waals surface area contributed by atoms with E-state index in [1.54, 1.807) is 24.3 Å². The molecule has 3 rings (SSSR count). The molecule has 0 bridgehead atoms. The van der Waals surface area contributed by atoms with Crippen molar-refractivity contribution in [1.82, 2.24) is 9.55 Å². The third-order valence-electron chi connectivity index (χ3n) is 3.73. The summed E-state index contributed by atoms with van der Waals surface area (Å²) in [6, 6.07) is 16.7. The number of nitrogen functional groups attached to an aromatic ring is 1. The Morgan fingerprint density at radius 3 is 2.46 bits per heavy atom. The van der Waals surface area contributed by atoms with Gasteiger partial charge in [0.15, 0.2) is 0 Å². The fourth-order valence-electron chi connectivity index (χ4n) is 2.46. The summed E-state index contributed by atoms with van der Waals surface area (Å²) in [5.74, 6) is -0.259. The lowest BCUT2D eigenvalue weighted by Gasteiger charge is -2.11. The molecule has 0 unspecified atom stereocenters. The number of aliphatic carboxylic acids is 1. The second kappa shape index (κ2) is 7.52. The summed E-state index contributed by atoms with van der Waals surface area (Å²) in [6.07, 6.45) is 1.23. The highest BCUT2D eigenvalue weighted by molar-refractivity contribution is 5.68. The number of nitrogens with two attached hydrogens (primary N) is 1. The van der Waals surface area contributed by atoms with Crippen molar-refractivity contribution >= 4 is 11.7 Å². The largest absolute Gasteiger partial charge is 0.489 e. The van der Waals surface area contributed by atoms with E-state index in [-0.39, 0.29) is 11.5 Å². The zero-order valence-corrected chi connectivity index (χ0v) is 13.8. The number of hydrogen-bond donors (Lipinski definition) is 2. The topological polar surface area (TPSA) is 107 Å². The van der Waals surface area contributed by atoms with Crippen LogP contribution in [0.4, 0.5) is 5.69 Å². The molecule has 26 heavy (non-hydrogen) atoms. The van der Waals surface area contributed by atoms with Gasteiger partial charge >= 0.3 is 5.97 Å². The molecular formula is C19H17N3O4. The highest BCUT2D eigenvalue weighted by Gasteiger charge is 2.13. The lowest BCUT2D eigenvalue weighted by atomic mass is 10.2. The number of aromatic nitrogens is 2. The molecule has 2 aromatic carbocycles. The molecule has 0 saturated heterocycles. The molecule has 7 nitrogen and oxygen atoms in total. The van der Waals surface area contributed by atoms with E-state index in [1.165, 1.54) is 6.20 Å². The Kier molecular flexibility index (Phi) is 4.98. The molecule has 7 heteroatoms. The van der Waals surface area contributed by atoms with Crippen LogP contribution in [0.5, 0.6) is 5.75 Å². The molecule has 0 spiro atoms. The summed E-state index contributed by atoms with van der Waals surface area (Å²) >= 11 is 0. The normalized spacial score (nSPS) is 10.5. The van der Waals surface area contributed by atoms with Crippen molar-refractivity contribution < 1.29 is 14.6 Å². The number of ether oxygens (including phenoxy) is 1. The molecular weight excluding hydrogens is 334 g/mol. The van der Waals surface area contributed by atoms with Gasteiger partial charge in [-0.25, -0.2) is 4.98 Å². The van der Waals surface area contributed by atoms with Crippen LogP contribution < -0.4 is 16.0 Å². The quantitative estimate of drug-likeness (QED) is 0.705. The van der Waals surface area contributed by atoms with E-state index >= 15 is 0 Å². The van der Waals surface area contributed by atoms with Gasteiger partial charge in [-0.15, -0.1) is 0 Å². The fraction of sp³-hybridized carbons (Fsp3) is 0.105. The Labute approximate surface area is 149 Å². The second-order valence-electron chi connectivity index (χ2n) is 5.62.